The fraction of sp³-hybridized carbons (Fsp3) is 0.571. The molecule has 5 nitrogen and oxygen atoms in total. The first-order valence-corrected chi connectivity index (χ1v) is 3.45. The number of aliphatic carboxylic acids is 1. The summed E-state index contributed by atoms with van der Waals surface area (Å²) in [7, 11) is 0. The lowest BCUT2D eigenvalue weighted by atomic mass is 10.2. The van der Waals surface area contributed by atoms with Gasteiger partial charge in [0.25, 0.3) is 0 Å². The number of Topliss-reactive ketones (excluding diaryl/α,β-unsaturated/α-hetero) is 1. The molecular weight excluding hydrogens is 162 g/mol. The standard InChI is InChI=1S/C7H11NO4/c1-4(9)3-6(10)8-5(2)7(11)12/h5H,3H2,1-2H3,(H,8,10)(H,11,12)/t5-/m0/s1. The largest absolute Gasteiger partial charge is 0.480 e. The van der Waals surface area contributed by atoms with Gasteiger partial charge >= 0.3 is 5.97 Å². The van der Waals surface area contributed by atoms with Gasteiger partial charge in [-0.2, -0.15) is 0 Å². The molecule has 0 fully saturated rings. The zero-order valence-electron chi connectivity index (χ0n) is 6.96. The molecule has 1 atom stereocenters. The molecule has 0 saturated heterocycles. The summed E-state index contributed by atoms with van der Waals surface area (Å²) in [5.41, 5.74) is 0. The van der Waals surface area contributed by atoms with E-state index >= 15 is 0 Å². The number of carbonyl (C=O) groups is 3. The van der Waals surface area contributed by atoms with Crippen molar-refractivity contribution in [3.63, 3.8) is 0 Å². The van der Waals surface area contributed by atoms with Crippen LogP contribution in [0.5, 0.6) is 0 Å². The summed E-state index contributed by atoms with van der Waals surface area (Å²) in [4.78, 5) is 31.4. The van der Waals surface area contributed by atoms with Gasteiger partial charge in [0.1, 0.15) is 11.8 Å². The van der Waals surface area contributed by atoms with Crippen LogP contribution < -0.4 is 5.32 Å². The van der Waals surface area contributed by atoms with E-state index in [2.05, 4.69) is 5.32 Å². The van der Waals surface area contributed by atoms with Crippen LogP contribution >= 0.6 is 0 Å². The van der Waals surface area contributed by atoms with E-state index < -0.39 is 17.9 Å². The molecule has 0 aromatic heterocycles. The molecule has 0 aliphatic heterocycles. The van der Waals surface area contributed by atoms with E-state index in [1.54, 1.807) is 0 Å². The Morgan fingerprint density at radius 3 is 2.25 bits per heavy atom. The molecule has 0 bridgehead atoms. The van der Waals surface area contributed by atoms with E-state index in [1.807, 2.05) is 0 Å². The number of hydrogen-bond donors (Lipinski definition) is 2. The minimum atomic E-state index is -1.12. The van der Waals surface area contributed by atoms with E-state index in [4.69, 9.17) is 5.11 Å². The number of carboxylic acids is 1. The van der Waals surface area contributed by atoms with Crippen molar-refractivity contribution in [1.29, 1.82) is 0 Å². The third kappa shape index (κ3) is 4.43. The Bertz CT molecular complexity index is 211. The summed E-state index contributed by atoms with van der Waals surface area (Å²) in [5, 5.41) is 10.5. The fourth-order valence-corrected chi connectivity index (χ4v) is 0.580. The van der Waals surface area contributed by atoms with Gasteiger partial charge in [-0.05, 0) is 13.8 Å². The van der Waals surface area contributed by atoms with E-state index in [-0.39, 0.29) is 12.2 Å². The topological polar surface area (TPSA) is 83.5 Å². The smallest absolute Gasteiger partial charge is 0.325 e. The maximum Gasteiger partial charge on any atom is 0.325 e. The van der Waals surface area contributed by atoms with Crippen molar-refractivity contribution in [1.82, 2.24) is 5.32 Å². The summed E-state index contributed by atoms with van der Waals surface area (Å²) in [6, 6.07) is -0.947. The highest BCUT2D eigenvalue weighted by Crippen LogP contribution is 1.86. The van der Waals surface area contributed by atoms with E-state index in [0.717, 1.165) is 0 Å². The molecule has 0 unspecified atom stereocenters. The van der Waals surface area contributed by atoms with Gasteiger partial charge in [0.15, 0.2) is 0 Å². The Morgan fingerprint density at radius 2 is 1.92 bits per heavy atom. The Labute approximate surface area is 69.8 Å². The van der Waals surface area contributed by atoms with Gasteiger partial charge in [-0.25, -0.2) is 0 Å². The quantitative estimate of drug-likeness (QED) is 0.564. The predicted octanol–water partition coefficient (Wildman–Crippen LogP) is -0.445. The highest BCUT2D eigenvalue weighted by molar-refractivity contribution is 5.98. The van der Waals surface area contributed by atoms with E-state index in [9.17, 15) is 14.4 Å². The van der Waals surface area contributed by atoms with Gasteiger partial charge in [0, 0.05) is 0 Å². The maximum absolute atomic E-state index is 10.8. The maximum atomic E-state index is 10.8. The summed E-state index contributed by atoms with van der Waals surface area (Å²) in [6.07, 6.45) is -0.266. The first kappa shape index (κ1) is 10.6. The zero-order valence-corrected chi connectivity index (χ0v) is 6.96. The van der Waals surface area contributed by atoms with Gasteiger partial charge < -0.3 is 10.4 Å². The molecule has 0 rings (SSSR count). The molecule has 0 aliphatic carbocycles. The third-order valence-electron chi connectivity index (χ3n) is 1.16. The van der Waals surface area contributed by atoms with Gasteiger partial charge in [-0.1, -0.05) is 0 Å². The molecule has 1 amide bonds. The SMILES string of the molecule is CC(=O)CC(=O)N[C@@H](C)C(=O)O. The Balaban J connectivity index is 3.85. The number of rotatable bonds is 4. The van der Waals surface area contributed by atoms with Crippen LogP contribution in [-0.2, 0) is 14.4 Å². The lowest BCUT2D eigenvalue weighted by Gasteiger charge is -2.07. The first-order chi connectivity index (χ1) is 5.43. The fourth-order valence-electron chi connectivity index (χ4n) is 0.580. The van der Waals surface area contributed by atoms with Crippen molar-refractivity contribution in [3.8, 4) is 0 Å². The molecule has 0 aromatic rings. The van der Waals surface area contributed by atoms with Crippen molar-refractivity contribution < 1.29 is 19.5 Å². The highest BCUT2D eigenvalue weighted by Gasteiger charge is 2.14. The lowest BCUT2D eigenvalue weighted by Crippen LogP contribution is -2.38. The summed E-state index contributed by atoms with van der Waals surface area (Å²) >= 11 is 0. The number of ketones is 1. The predicted molar refractivity (Wildman–Crippen MR) is 40.5 cm³/mol. The molecule has 68 valence electrons. The third-order valence-corrected chi connectivity index (χ3v) is 1.16. The number of carboxylic acid groups (broad SMARTS) is 1. The van der Waals surface area contributed by atoms with Crippen molar-refractivity contribution in [2.75, 3.05) is 0 Å². The second-order valence-electron chi connectivity index (χ2n) is 2.51. The van der Waals surface area contributed by atoms with Crippen LogP contribution in [0, 0.1) is 0 Å². The molecule has 0 spiro atoms. The molecule has 0 aliphatic rings. The average molecular weight is 173 g/mol. The second kappa shape index (κ2) is 4.48. The van der Waals surface area contributed by atoms with Crippen LogP contribution in [0.15, 0.2) is 0 Å². The second-order valence-corrected chi connectivity index (χ2v) is 2.51. The number of carbonyl (C=O) groups excluding carboxylic acids is 2. The number of hydrogen-bond acceptors (Lipinski definition) is 3. The molecular formula is C7H11NO4. The van der Waals surface area contributed by atoms with Gasteiger partial charge in [-0.15, -0.1) is 0 Å². The zero-order chi connectivity index (χ0) is 9.72. The molecule has 5 heteroatoms. The minimum absolute atomic E-state index is 0.266. The lowest BCUT2D eigenvalue weighted by molar-refractivity contribution is -0.141. The minimum Gasteiger partial charge on any atom is -0.480 e. The van der Waals surface area contributed by atoms with Crippen LogP contribution in [0.25, 0.3) is 0 Å². The van der Waals surface area contributed by atoms with E-state index in [1.165, 1.54) is 13.8 Å². The summed E-state index contributed by atoms with van der Waals surface area (Å²) < 4.78 is 0. The summed E-state index contributed by atoms with van der Waals surface area (Å²) in [5.74, 6) is -1.96. The highest BCUT2D eigenvalue weighted by atomic mass is 16.4. The van der Waals surface area contributed by atoms with Gasteiger partial charge in [0.2, 0.25) is 5.91 Å². The monoisotopic (exact) mass is 173 g/mol. The van der Waals surface area contributed by atoms with Crippen LogP contribution in [-0.4, -0.2) is 28.8 Å². The van der Waals surface area contributed by atoms with Crippen molar-refractivity contribution in [3.05, 3.63) is 0 Å². The average Bonchev–Trinajstić information content (AvgIpc) is 1.84. The Hall–Kier alpha value is -1.39. The van der Waals surface area contributed by atoms with Gasteiger partial charge in [-0.3, -0.25) is 14.4 Å². The molecule has 0 radical (unpaired) electrons. The molecule has 0 saturated carbocycles. The van der Waals surface area contributed by atoms with Gasteiger partial charge in [0.05, 0.1) is 6.42 Å². The normalized spacial score (nSPS) is 11.8. The Kier molecular flexibility index (Phi) is 3.96. The molecule has 12 heavy (non-hydrogen) atoms. The van der Waals surface area contributed by atoms with Crippen molar-refractivity contribution >= 4 is 17.7 Å². The molecule has 0 aromatic carbocycles. The molecule has 2 N–H and O–H groups in total. The van der Waals surface area contributed by atoms with Crippen molar-refractivity contribution in [2.45, 2.75) is 26.3 Å². The van der Waals surface area contributed by atoms with Crippen LogP contribution in [0.2, 0.25) is 0 Å². The van der Waals surface area contributed by atoms with Crippen LogP contribution in [0.4, 0.5) is 0 Å². The first-order valence-electron chi connectivity index (χ1n) is 3.45. The van der Waals surface area contributed by atoms with Crippen LogP contribution in [0.3, 0.4) is 0 Å². The van der Waals surface area contributed by atoms with E-state index in [0.29, 0.717) is 0 Å². The summed E-state index contributed by atoms with van der Waals surface area (Å²) in [6.45, 7) is 2.60. The number of amides is 1. The Morgan fingerprint density at radius 1 is 1.42 bits per heavy atom. The molecule has 0 heterocycles. The van der Waals surface area contributed by atoms with Crippen LogP contribution in [0.1, 0.15) is 20.3 Å². The number of nitrogens with one attached hydrogen (secondary N) is 1. The van der Waals surface area contributed by atoms with Crippen molar-refractivity contribution in [2.24, 2.45) is 0 Å².